The summed E-state index contributed by atoms with van der Waals surface area (Å²) in [6.07, 6.45) is 4.00. The van der Waals surface area contributed by atoms with Crippen molar-refractivity contribution in [3.8, 4) is 0 Å². The highest BCUT2D eigenvalue weighted by Crippen LogP contribution is 2.24. The molecule has 2 N–H and O–H groups in total. The molecule has 9 heteroatoms. The van der Waals surface area contributed by atoms with E-state index in [1.807, 2.05) is 16.7 Å². The van der Waals surface area contributed by atoms with Crippen molar-refractivity contribution in [2.75, 3.05) is 25.0 Å². The van der Waals surface area contributed by atoms with E-state index in [9.17, 15) is 13.5 Å². The predicted octanol–water partition coefficient (Wildman–Crippen LogP) is 3.86. The number of imidazole rings is 1. The second-order valence-electron chi connectivity index (χ2n) is 7.73. The number of aromatic nitrogens is 2. The van der Waals surface area contributed by atoms with Gasteiger partial charge < -0.3 is 15.0 Å². The van der Waals surface area contributed by atoms with Crippen molar-refractivity contribution in [1.29, 1.82) is 0 Å². The van der Waals surface area contributed by atoms with Gasteiger partial charge in [0.15, 0.2) is 0 Å². The average molecular weight is 463 g/mol. The summed E-state index contributed by atoms with van der Waals surface area (Å²) in [5, 5.41) is 13.4. The highest BCUT2D eigenvalue weighted by atomic mass is 35.5. The van der Waals surface area contributed by atoms with E-state index < -0.39 is 10.0 Å². The van der Waals surface area contributed by atoms with Gasteiger partial charge in [-0.25, -0.2) is 13.4 Å². The number of benzene rings is 2. The number of nitrogens with one attached hydrogen (secondary N) is 1. The van der Waals surface area contributed by atoms with Gasteiger partial charge in [-0.2, -0.15) is 4.31 Å². The molecule has 4 rings (SSSR count). The van der Waals surface area contributed by atoms with Crippen LogP contribution in [0.1, 0.15) is 31.5 Å². The zero-order valence-corrected chi connectivity index (χ0v) is 18.9. The number of anilines is 1. The maximum atomic E-state index is 12.9. The van der Waals surface area contributed by atoms with Crippen LogP contribution in [-0.2, 0) is 23.1 Å². The summed E-state index contributed by atoms with van der Waals surface area (Å²) in [6.45, 7) is 2.03. The quantitative estimate of drug-likeness (QED) is 0.556. The Labute approximate surface area is 187 Å². The molecule has 0 amide bonds. The number of fused-ring (bicyclic) bond motifs is 1. The number of rotatable bonds is 7. The van der Waals surface area contributed by atoms with Crippen LogP contribution in [0.5, 0.6) is 0 Å². The molecule has 0 spiro atoms. The first kappa shape index (κ1) is 22.1. The molecule has 0 radical (unpaired) electrons. The van der Waals surface area contributed by atoms with Crippen LogP contribution in [0.2, 0.25) is 5.02 Å². The van der Waals surface area contributed by atoms with Crippen molar-refractivity contribution < 1.29 is 13.5 Å². The van der Waals surface area contributed by atoms with E-state index in [1.54, 1.807) is 34.6 Å². The Hall–Kier alpha value is -2.13. The zero-order chi connectivity index (χ0) is 21.8. The topological polar surface area (TPSA) is 87.5 Å². The normalized spacial score (nSPS) is 15.8. The van der Waals surface area contributed by atoms with Crippen molar-refractivity contribution in [1.82, 2.24) is 13.9 Å². The summed E-state index contributed by atoms with van der Waals surface area (Å²) in [7, 11) is -3.46. The van der Waals surface area contributed by atoms with Gasteiger partial charge in [-0.3, -0.25) is 0 Å². The molecular weight excluding hydrogens is 436 g/mol. The van der Waals surface area contributed by atoms with Crippen molar-refractivity contribution >= 4 is 38.3 Å². The van der Waals surface area contributed by atoms with E-state index in [1.165, 1.54) is 0 Å². The zero-order valence-electron chi connectivity index (χ0n) is 17.3. The lowest BCUT2D eigenvalue weighted by Crippen LogP contribution is -2.31. The largest absolute Gasteiger partial charge is 0.395 e. The SMILES string of the molecule is O=S(=O)(c1ccc(NCc2nc3ccc(Cl)cc3n2CCO)cc1)N1CCCCCC1. The van der Waals surface area contributed by atoms with Gasteiger partial charge >= 0.3 is 0 Å². The Morgan fingerprint density at radius 2 is 1.74 bits per heavy atom. The van der Waals surface area contributed by atoms with Gasteiger partial charge in [-0.1, -0.05) is 24.4 Å². The molecular formula is C22H27ClN4O3S. The van der Waals surface area contributed by atoms with E-state index in [0.29, 0.717) is 36.1 Å². The van der Waals surface area contributed by atoms with Gasteiger partial charge in [0, 0.05) is 30.3 Å². The Morgan fingerprint density at radius 3 is 2.42 bits per heavy atom. The summed E-state index contributed by atoms with van der Waals surface area (Å²) in [5.74, 6) is 0.771. The fourth-order valence-electron chi connectivity index (χ4n) is 3.99. The molecule has 0 aliphatic carbocycles. The summed E-state index contributed by atoms with van der Waals surface area (Å²) in [6, 6.07) is 12.4. The van der Waals surface area contributed by atoms with Gasteiger partial charge in [-0.05, 0) is 55.3 Å². The molecule has 166 valence electrons. The molecule has 1 aromatic heterocycles. The van der Waals surface area contributed by atoms with Crippen molar-refractivity contribution in [2.24, 2.45) is 0 Å². The van der Waals surface area contributed by atoms with Crippen LogP contribution in [0.3, 0.4) is 0 Å². The van der Waals surface area contributed by atoms with Crippen molar-refractivity contribution in [3.63, 3.8) is 0 Å². The monoisotopic (exact) mass is 462 g/mol. The molecule has 31 heavy (non-hydrogen) atoms. The Morgan fingerprint density at radius 1 is 1.03 bits per heavy atom. The smallest absolute Gasteiger partial charge is 0.243 e. The molecule has 1 fully saturated rings. The Balaban J connectivity index is 1.49. The summed E-state index contributed by atoms with van der Waals surface area (Å²) >= 11 is 6.12. The van der Waals surface area contributed by atoms with Gasteiger partial charge in [-0.15, -0.1) is 0 Å². The van der Waals surface area contributed by atoms with Gasteiger partial charge in [0.1, 0.15) is 5.82 Å². The lowest BCUT2D eigenvalue weighted by atomic mass is 10.2. The lowest BCUT2D eigenvalue weighted by Gasteiger charge is -2.20. The molecule has 3 aromatic rings. The molecule has 2 heterocycles. The van der Waals surface area contributed by atoms with E-state index in [2.05, 4.69) is 10.3 Å². The molecule has 1 aliphatic heterocycles. The summed E-state index contributed by atoms with van der Waals surface area (Å²) in [4.78, 5) is 4.96. The molecule has 1 aliphatic rings. The Bertz CT molecular complexity index is 1140. The molecule has 7 nitrogen and oxygen atoms in total. The summed E-state index contributed by atoms with van der Waals surface area (Å²) in [5.41, 5.74) is 2.49. The average Bonchev–Trinajstić information content (AvgIpc) is 2.94. The summed E-state index contributed by atoms with van der Waals surface area (Å²) < 4.78 is 29.4. The van der Waals surface area contributed by atoms with Crippen LogP contribution in [0.15, 0.2) is 47.4 Å². The van der Waals surface area contributed by atoms with E-state index in [0.717, 1.165) is 48.2 Å². The third-order valence-corrected chi connectivity index (χ3v) is 7.77. The standard InChI is InChI=1S/C22H27ClN4O3S/c23-17-5-10-20-21(15-17)27(13-14-28)22(25-20)16-24-18-6-8-19(9-7-18)31(29,30)26-11-3-1-2-4-12-26/h5-10,15,24,28H,1-4,11-14,16H2. The Kier molecular flexibility index (Phi) is 6.81. The van der Waals surface area contributed by atoms with Crippen LogP contribution in [0.25, 0.3) is 11.0 Å². The lowest BCUT2D eigenvalue weighted by molar-refractivity contribution is 0.276. The maximum Gasteiger partial charge on any atom is 0.243 e. The number of aliphatic hydroxyl groups excluding tert-OH is 1. The molecule has 0 bridgehead atoms. The maximum absolute atomic E-state index is 12.9. The molecule has 0 unspecified atom stereocenters. The molecule has 0 saturated carbocycles. The fraction of sp³-hybridized carbons (Fsp3) is 0.409. The van der Waals surface area contributed by atoms with Crippen molar-refractivity contribution in [2.45, 2.75) is 43.7 Å². The van der Waals surface area contributed by atoms with Crippen LogP contribution in [0, 0.1) is 0 Å². The van der Waals surface area contributed by atoms with E-state index >= 15 is 0 Å². The van der Waals surface area contributed by atoms with E-state index in [4.69, 9.17) is 11.6 Å². The molecule has 1 saturated heterocycles. The highest BCUT2D eigenvalue weighted by molar-refractivity contribution is 7.89. The van der Waals surface area contributed by atoms with Crippen LogP contribution >= 0.6 is 11.6 Å². The first-order valence-corrected chi connectivity index (χ1v) is 12.4. The number of hydrogen-bond donors (Lipinski definition) is 2. The minimum atomic E-state index is -3.46. The third-order valence-electron chi connectivity index (χ3n) is 5.62. The number of halogens is 1. The van der Waals surface area contributed by atoms with Crippen molar-refractivity contribution in [3.05, 3.63) is 53.3 Å². The highest BCUT2D eigenvalue weighted by Gasteiger charge is 2.24. The van der Waals surface area contributed by atoms with Gasteiger partial charge in [0.2, 0.25) is 10.0 Å². The minimum Gasteiger partial charge on any atom is -0.395 e. The number of hydrogen-bond acceptors (Lipinski definition) is 5. The number of sulfonamides is 1. The third kappa shape index (κ3) is 4.87. The molecule has 0 atom stereocenters. The first-order chi connectivity index (χ1) is 15.0. The van der Waals surface area contributed by atoms with E-state index in [-0.39, 0.29) is 6.61 Å². The van der Waals surface area contributed by atoms with Crippen LogP contribution in [0.4, 0.5) is 5.69 Å². The van der Waals surface area contributed by atoms with Gasteiger partial charge in [0.25, 0.3) is 0 Å². The minimum absolute atomic E-state index is 0.00592. The van der Waals surface area contributed by atoms with Crippen LogP contribution < -0.4 is 5.32 Å². The van der Waals surface area contributed by atoms with Gasteiger partial charge in [0.05, 0.1) is 29.1 Å². The predicted molar refractivity (Wildman–Crippen MR) is 123 cm³/mol. The number of aliphatic hydroxyl groups is 1. The fourth-order valence-corrected chi connectivity index (χ4v) is 5.67. The second-order valence-corrected chi connectivity index (χ2v) is 10.1. The molecule has 2 aromatic carbocycles. The first-order valence-electron chi connectivity index (χ1n) is 10.6. The number of nitrogens with zero attached hydrogens (tertiary/aromatic N) is 3. The van der Waals surface area contributed by atoms with Crippen LogP contribution in [-0.4, -0.2) is 47.1 Å². The second kappa shape index (κ2) is 9.56.